The van der Waals surface area contributed by atoms with Gasteiger partial charge in [-0.15, -0.1) is 0 Å². The number of nitrogens with zero attached hydrogens (tertiary/aromatic N) is 3. The molecule has 0 N–H and O–H groups in total. The molecule has 2 heterocycles. The van der Waals surface area contributed by atoms with Gasteiger partial charge in [0.2, 0.25) is 0 Å². The van der Waals surface area contributed by atoms with Crippen molar-refractivity contribution in [2.24, 2.45) is 0 Å². The summed E-state index contributed by atoms with van der Waals surface area (Å²) in [5, 5.41) is 0.416. The molecule has 2 fully saturated rings. The van der Waals surface area contributed by atoms with Crippen molar-refractivity contribution >= 4 is 42.4 Å². The molecule has 1 saturated carbocycles. The number of carbonyl (C=O) groups is 1. The van der Waals surface area contributed by atoms with Crippen LogP contribution in [-0.4, -0.2) is 55.6 Å². The van der Waals surface area contributed by atoms with Gasteiger partial charge in [-0.05, 0) is 37.1 Å². The van der Waals surface area contributed by atoms with E-state index in [2.05, 4.69) is 9.88 Å². The number of anilines is 1. The van der Waals surface area contributed by atoms with E-state index in [4.69, 9.17) is 0 Å². The molecule has 0 radical (unpaired) electrons. The summed E-state index contributed by atoms with van der Waals surface area (Å²) >= 11 is 1.50. The van der Waals surface area contributed by atoms with Crippen LogP contribution in [0.3, 0.4) is 0 Å². The molecule has 1 amide bonds. The number of amides is 1. The van der Waals surface area contributed by atoms with E-state index in [1.165, 1.54) is 23.5 Å². The summed E-state index contributed by atoms with van der Waals surface area (Å²) in [5.41, 5.74) is 0.901. The second kappa shape index (κ2) is 8.44. The Morgan fingerprint density at radius 1 is 1.03 bits per heavy atom. The number of fused-ring (bicyclic) bond motifs is 1. The van der Waals surface area contributed by atoms with Crippen molar-refractivity contribution in [2.45, 2.75) is 35.8 Å². The van der Waals surface area contributed by atoms with Crippen LogP contribution < -0.4 is 4.90 Å². The van der Waals surface area contributed by atoms with E-state index in [-0.39, 0.29) is 22.2 Å². The molecule has 0 spiro atoms. The first-order valence-corrected chi connectivity index (χ1v) is 13.2. The number of hydrogen-bond donors (Lipinski definition) is 0. The molecule has 1 aliphatic carbocycles. The van der Waals surface area contributed by atoms with Crippen molar-refractivity contribution in [3.8, 4) is 0 Å². The number of halogens is 1. The van der Waals surface area contributed by atoms with Gasteiger partial charge >= 0.3 is 0 Å². The molecule has 3 aromatic rings. The van der Waals surface area contributed by atoms with Crippen molar-refractivity contribution in [3.63, 3.8) is 0 Å². The maximum Gasteiger partial charge on any atom is 0.255 e. The minimum absolute atomic E-state index is 0.160. The molecule has 0 atom stereocenters. The van der Waals surface area contributed by atoms with Gasteiger partial charge < -0.3 is 9.80 Å². The molecule has 0 bridgehead atoms. The lowest BCUT2D eigenvalue weighted by molar-refractivity contribution is 0.0743. The predicted octanol–water partition coefficient (Wildman–Crippen LogP) is 4.11. The third-order valence-electron chi connectivity index (χ3n) is 6.34. The summed E-state index contributed by atoms with van der Waals surface area (Å²) in [6.45, 7) is 2.12. The molecule has 2 aromatic carbocycles. The van der Waals surface area contributed by atoms with Gasteiger partial charge in [-0.3, -0.25) is 4.79 Å². The maximum absolute atomic E-state index is 13.5. The Balaban J connectivity index is 1.32. The first-order valence-electron chi connectivity index (χ1n) is 10.9. The fourth-order valence-corrected chi connectivity index (χ4v) is 7.61. The van der Waals surface area contributed by atoms with E-state index in [0.717, 1.165) is 22.7 Å². The summed E-state index contributed by atoms with van der Waals surface area (Å²) in [7, 11) is -3.52. The Bertz CT molecular complexity index is 1260. The van der Waals surface area contributed by atoms with Crippen LogP contribution in [-0.2, 0) is 9.84 Å². The second-order valence-corrected chi connectivity index (χ2v) is 11.5. The molecule has 1 saturated heterocycles. The SMILES string of the molecule is O=C(c1ccccc1S(=O)(=O)C1CCCC1)N1CCN(c2nc3cc(F)ccc3s2)CC1. The fraction of sp³-hybridized carbons (Fsp3) is 0.391. The van der Waals surface area contributed by atoms with Crippen LogP contribution in [0.15, 0.2) is 47.4 Å². The normalized spacial score (nSPS) is 17.9. The van der Waals surface area contributed by atoms with Crippen LogP contribution in [0.5, 0.6) is 0 Å². The van der Waals surface area contributed by atoms with E-state index in [0.29, 0.717) is 44.5 Å². The zero-order valence-corrected chi connectivity index (χ0v) is 19.2. The van der Waals surface area contributed by atoms with Crippen LogP contribution in [0.2, 0.25) is 0 Å². The van der Waals surface area contributed by atoms with Gasteiger partial charge in [-0.2, -0.15) is 0 Å². The van der Waals surface area contributed by atoms with Crippen LogP contribution in [0.1, 0.15) is 36.0 Å². The molecule has 9 heteroatoms. The molecular formula is C23H24FN3O3S2. The highest BCUT2D eigenvalue weighted by Gasteiger charge is 2.34. The molecule has 6 nitrogen and oxygen atoms in total. The predicted molar refractivity (Wildman–Crippen MR) is 124 cm³/mol. The molecule has 2 aliphatic rings. The van der Waals surface area contributed by atoms with Crippen LogP contribution in [0.4, 0.5) is 9.52 Å². The lowest BCUT2D eigenvalue weighted by Crippen LogP contribution is -2.49. The van der Waals surface area contributed by atoms with Crippen molar-refractivity contribution < 1.29 is 17.6 Å². The number of thiazole rings is 1. The van der Waals surface area contributed by atoms with Crippen LogP contribution in [0, 0.1) is 5.82 Å². The zero-order valence-electron chi connectivity index (χ0n) is 17.5. The summed E-state index contributed by atoms with van der Waals surface area (Å²) < 4.78 is 40.7. The third-order valence-corrected chi connectivity index (χ3v) is 9.76. The highest BCUT2D eigenvalue weighted by molar-refractivity contribution is 7.92. The zero-order chi connectivity index (χ0) is 22.3. The highest BCUT2D eigenvalue weighted by atomic mass is 32.2. The number of benzene rings is 2. The number of sulfone groups is 1. The molecular weight excluding hydrogens is 449 g/mol. The average molecular weight is 474 g/mol. The topological polar surface area (TPSA) is 70.6 Å². The van der Waals surface area contributed by atoms with Gasteiger partial charge in [0, 0.05) is 32.2 Å². The third kappa shape index (κ3) is 3.88. The summed E-state index contributed by atoms with van der Waals surface area (Å²) in [6, 6.07) is 11.2. The maximum atomic E-state index is 13.5. The van der Waals surface area contributed by atoms with E-state index in [1.54, 1.807) is 35.2 Å². The molecule has 0 unspecified atom stereocenters. The minimum atomic E-state index is -3.52. The number of aromatic nitrogens is 1. The standard InChI is InChI=1S/C23H24FN3O3S2/c24-16-9-10-20-19(15-16)25-23(31-20)27-13-11-26(12-14-27)22(28)18-7-3-4-8-21(18)32(29,30)17-5-1-2-6-17/h3-4,7-10,15,17H,1-2,5-6,11-14H2. The number of hydrogen-bond acceptors (Lipinski definition) is 6. The number of rotatable bonds is 4. The molecule has 1 aliphatic heterocycles. The Labute approximate surface area is 190 Å². The van der Waals surface area contributed by atoms with E-state index in [1.807, 2.05) is 0 Å². The molecule has 168 valence electrons. The van der Waals surface area contributed by atoms with Crippen LogP contribution in [0.25, 0.3) is 10.2 Å². The Kier molecular flexibility index (Phi) is 5.63. The van der Waals surface area contributed by atoms with E-state index in [9.17, 15) is 17.6 Å². The first-order chi connectivity index (χ1) is 15.4. The van der Waals surface area contributed by atoms with Crippen molar-refractivity contribution in [1.82, 2.24) is 9.88 Å². The fourth-order valence-electron chi connectivity index (χ4n) is 4.56. The van der Waals surface area contributed by atoms with E-state index < -0.39 is 15.1 Å². The molecule has 32 heavy (non-hydrogen) atoms. The van der Waals surface area contributed by atoms with Crippen molar-refractivity contribution in [2.75, 3.05) is 31.1 Å². The van der Waals surface area contributed by atoms with Gasteiger partial charge in [0.05, 0.1) is 25.9 Å². The second-order valence-electron chi connectivity index (χ2n) is 8.34. The quantitative estimate of drug-likeness (QED) is 0.570. The minimum Gasteiger partial charge on any atom is -0.345 e. The monoisotopic (exact) mass is 473 g/mol. The largest absolute Gasteiger partial charge is 0.345 e. The van der Waals surface area contributed by atoms with Gasteiger partial charge in [0.25, 0.3) is 5.91 Å². The lowest BCUT2D eigenvalue weighted by Gasteiger charge is -2.35. The smallest absolute Gasteiger partial charge is 0.255 e. The summed E-state index contributed by atoms with van der Waals surface area (Å²) in [5.74, 6) is -0.552. The lowest BCUT2D eigenvalue weighted by atomic mass is 10.2. The average Bonchev–Trinajstić information content (AvgIpc) is 3.49. The van der Waals surface area contributed by atoms with Crippen molar-refractivity contribution in [3.05, 3.63) is 53.8 Å². The van der Waals surface area contributed by atoms with Gasteiger partial charge in [0.1, 0.15) is 5.82 Å². The van der Waals surface area contributed by atoms with Gasteiger partial charge in [-0.1, -0.05) is 36.3 Å². The number of piperazine rings is 1. The van der Waals surface area contributed by atoms with Gasteiger partial charge in [-0.25, -0.2) is 17.8 Å². The van der Waals surface area contributed by atoms with Gasteiger partial charge in [0.15, 0.2) is 15.0 Å². The van der Waals surface area contributed by atoms with E-state index >= 15 is 0 Å². The molecule has 1 aromatic heterocycles. The summed E-state index contributed by atoms with van der Waals surface area (Å²) in [4.78, 5) is 21.8. The summed E-state index contributed by atoms with van der Waals surface area (Å²) in [6.07, 6.45) is 3.16. The van der Waals surface area contributed by atoms with Crippen molar-refractivity contribution in [1.29, 1.82) is 0 Å². The first kappa shape index (κ1) is 21.3. The number of carbonyl (C=O) groups excluding carboxylic acids is 1. The van der Waals surface area contributed by atoms with Crippen LogP contribution >= 0.6 is 11.3 Å². The Morgan fingerprint density at radius 3 is 2.50 bits per heavy atom. The Hall–Kier alpha value is -2.52. The Morgan fingerprint density at radius 2 is 1.75 bits per heavy atom. The molecule has 5 rings (SSSR count). The highest BCUT2D eigenvalue weighted by Crippen LogP contribution is 2.32.